The minimum absolute atomic E-state index is 0.00408. The van der Waals surface area contributed by atoms with E-state index >= 15 is 0 Å². The van der Waals surface area contributed by atoms with E-state index < -0.39 is 23.0 Å². The van der Waals surface area contributed by atoms with Gasteiger partial charge < -0.3 is 14.6 Å². The van der Waals surface area contributed by atoms with Crippen molar-refractivity contribution >= 4 is 17.7 Å². The molecular formula is C19H22O6. The normalized spacial score (nSPS) is 26.6. The van der Waals surface area contributed by atoms with Crippen LogP contribution in [0.15, 0.2) is 33.9 Å². The molecule has 3 aliphatic rings. The van der Waals surface area contributed by atoms with Gasteiger partial charge in [-0.15, -0.1) is 0 Å². The number of hydrogen-bond acceptors (Lipinski definition) is 6. The molecule has 0 aliphatic heterocycles. The highest BCUT2D eigenvalue weighted by Gasteiger charge is 2.65. The van der Waals surface area contributed by atoms with Crippen molar-refractivity contribution in [3.05, 3.63) is 33.9 Å². The highest BCUT2D eigenvalue weighted by atomic mass is 16.5. The fraction of sp³-hybridized carbons (Fsp3) is 0.526. The molecule has 0 aromatic heterocycles. The van der Waals surface area contributed by atoms with Gasteiger partial charge in [0.05, 0.1) is 0 Å². The van der Waals surface area contributed by atoms with Crippen molar-refractivity contribution in [1.82, 2.24) is 0 Å². The van der Waals surface area contributed by atoms with Crippen LogP contribution in [0.1, 0.15) is 40.5 Å². The van der Waals surface area contributed by atoms with Gasteiger partial charge in [0.2, 0.25) is 0 Å². The molecule has 25 heavy (non-hydrogen) atoms. The molecule has 0 amide bonds. The molecule has 0 aromatic carbocycles. The van der Waals surface area contributed by atoms with Crippen LogP contribution >= 0.6 is 0 Å². The molecule has 1 saturated carbocycles. The van der Waals surface area contributed by atoms with Gasteiger partial charge in [-0.25, -0.2) is 0 Å². The fourth-order valence-electron chi connectivity index (χ4n) is 3.98. The van der Waals surface area contributed by atoms with Crippen LogP contribution in [0, 0.1) is 5.41 Å². The first kappa shape index (κ1) is 17.6. The first-order chi connectivity index (χ1) is 11.6. The summed E-state index contributed by atoms with van der Waals surface area (Å²) in [5.74, 6) is -1.19. The van der Waals surface area contributed by atoms with Gasteiger partial charge in [-0.05, 0) is 43.9 Å². The van der Waals surface area contributed by atoms with Crippen molar-refractivity contribution in [2.75, 3.05) is 13.2 Å². The van der Waals surface area contributed by atoms with E-state index in [9.17, 15) is 19.5 Å². The summed E-state index contributed by atoms with van der Waals surface area (Å²) in [7, 11) is 0. The Labute approximate surface area is 146 Å². The molecular weight excluding hydrogens is 324 g/mol. The monoisotopic (exact) mass is 346 g/mol. The van der Waals surface area contributed by atoms with Crippen LogP contribution in [-0.2, 0) is 23.9 Å². The first-order valence-corrected chi connectivity index (χ1v) is 8.31. The summed E-state index contributed by atoms with van der Waals surface area (Å²) in [4.78, 5) is 35.3. The molecule has 1 fully saturated rings. The highest BCUT2D eigenvalue weighted by molar-refractivity contribution is 6.11. The van der Waals surface area contributed by atoms with E-state index in [1.807, 2.05) is 6.92 Å². The van der Waals surface area contributed by atoms with Crippen LogP contribution in [-0.4, -0.2) is 41.6 Å². The van der Waals surface area contributed by atoms with Gasteiger partial charge in [-0.2, -0.15) is 0 Å². The summed E-state index contributed by atoms with van der Waals surface area (Å²) in [6.45, 7) is 6.11. The van der Waals surface area contributed by atoms with Gasteiger partial charge in [0, 0.05) is 30.4 Å². The van der Waals surface area contributed by atoms with Crippen molar-refractivity contribution in [2.45, 2.75) is 46.1 Å². The van der Waals surface area contributed by atoms with Crippen molar-refractivity contribution in [2.24, 2.45) is 5.41 Å². The number of carbonyl (C=O) groups is 3. The largest absolute Gasteiger partial charge is 0.461 e. The third-order valence-corrected chi connectivity index (χ3v) is 5.59. The second-order valence-electron chi connectivity index (χ2n) is 7.11. The molecule has 3 rings (SSSR count). The third-order valence-electron chi connectivity index (χ3n) is 5.59. The quantitative estimate of drug-likeness (QED) is 0.781. The SMILES string of the molecule is CC(=O)OCC1=C(COC(C)=O)C2=C(C)C3(CC3)[C@@](C)(O)C(=O)C2=C1. The zero-order valence-corrected chi connectivity index (χ0v) is 14.9. The molecule has 0 aromatic rings. The Bertz CT molecular complexity index is 774. The summed E-state index contributed by atoms with van der Waals surface area (Å²) in [5, 5.41) is 10.8. The number of fused-ring (bicyclic) bond motifs is 1. The highest BCUT2D eigenvalue weighted by Crippen LogP contribution is 2.64. The maximum Gasteiger partial charge on any atom is 0.302 e. The number of rotatable bonds is 4. The molecule has 1 N–H and O–H groups in total. The van der Waals surface area contributed by atoms with Crippen LogP contribution in [0.5, 0.6) is 0 Å². The zero-order chi connectivity index (χ0) is 18.6. The summed E-state index contributed by atoms with van der Waals surface area (Å²) in [6, 6.07) is 0. The van der Waals surface area contributed by atoms with Gasteiger partial charge in [-0.3, -0.25) is 14.4 Å². The van der Waals surface area contributed by atoms with E-state index in [1.165, 1.54) is 13.8 Å². The Morgan fingerprint density at radius 2 is 1.72 bits per heavy atom. The molecule has 134 valence electrons. The van der Waals surface area contributed by atoms with Crippen molar-refractivity contribution in [3.8, 4) is 0 Å². The van der Waals surface area contributed by atoms with E-state index in [-0.39, 0.29) is 19.0 Å². The molecule has 0 radical (unpaired) electrons. The molecule has 0 bridgehead atoms. The Morgan fingerprint density at radius 3 is 2.24 bits per heavy atom. The Balaban J connectivity index is 2.08. The lowest BCUT2D eigenvalue weighted by atomic mass is 9.67. The number of ketones is 1. The molecule has 3 aliphatic carbocycles. The lowest BCUT2D eigenvalue weighted by Crippen LogP contribution is -2.49. The summed E-state index contributed by atoms with van der Waals surface area (Å²) < 4.78 is 10.2. The number of esters is 2. The number of carbonyl (C=O) groups excluding carboxylic acids is 3. The number of aliphatic hydroxyl groups is 1. The van der Waals surface area contributed by atoms with Crippen LogP contribution in [0.25, 0.3) is 0 Å². The predicted molar refractivity (Wildman–Crippen MR) is 88.4 cm³/mol. The van der Waals surface area contributed by atoms with E-state index in [4.69, 9.17) is 9.47 Å². The molecule has 0 saturated heterocycles. The number of Topliss-reactive ketones (excluding diaryl/α,β-unsaturated/α-hetero) is 1. The molecule has 6 nitrogen and oxygen atoms in total. The van der Waals surface area contributed by atoms with Crippen LogP contribution in [0.3, 0.4) is 0 Å². The van der Waals surface area contributed by atoms with Gasteiger partial charge in [0.15, 0.2) is 5.78 Å². The predicted octanol–water partition coefficient (Wildman–Crippen LogP) is 1.78. The summed E-state index contributed by atoms with van der Waals surface area (Å²) in [5.41, 5.74) is 1.39. The average Bonchev–Trinajstić information content (AvgIpc) is 3.25. The Morgan fingerprint density at radius 1 is 1.16 bits per heavy atom. The van der Waals surface area contributed by atoms with Crippen molar-refractivity contribution in [1.29, 1.82) is 0 Å². The molecule has 0 heterocycles. The smallest absolute Gasteiger partial charge is 0.302 e. The van der Waals surface area contributed by atoms with E-state index in [1.54, 1.807) is 13.0 Å². The number of ether oxygens (including phenoxy) is 2. The van der Waals surface area contributed by atoms with Crippen LogP contribution < -0.4 is 0 Å². The van der Waals surface area contributed by atoms with E-state index in [0.717, 1.165) is 24.0 Å². The summed E-state index contributed by atoms with van der Waals surface area (Å²) >= 11 is 0. The Kier molecular flexibility index (Phi) is 3.99. The molecule has 6 heteroatoms. The van der Waals surface area contributed by atoms with Gasteiger partial charge in [0.25, 0.3) is 0 Å². The minimum Gasteiger partial charge on any atom is -0.461 e. The topological polar surface area (TPSA) is 89.9 Å². The molecule has 0 unspecified atom stereocenters. The second-order valence-corrected chi connectivity index (χ2v) is 7.11. The third kappa shape index (κ3) is 2.56. The van der Waals surface area contributed by atoms with Crippen LogP contribution in [0.2, 0.25) is 0 Å². The standard InChI is InChI=1S/C19H22O6/c1-10-16-14(17(22)18(4,23)19(10)5-6-19)7-13(8-24-11(2)20)15(16)9-25-12(3)21/h7,23H,5-6,8-9H2,1-4H3/t18-/m0/s1. The van der Waals surface area contributed by atoms with Crippen LogP contribution in [0.4, 0.5) is 0 Å². The Hall–Kier alpha value is -2.21. The number of hydrogen-bond donors (Lipinski definition) is 1. The van der Waals surface area contributed by atoms with Crippen molar-refractivity contribution < 1.29 is 29.0 Å². The zero-order valence-electron chi connectivity index (χ0n) is 14.9. The van der Waals surface area contributed by atoms with E-state index in [0.29, 0.717) is 16.7 Å². The maximum absolute atomic E-state index is 12.9. The molecule has 1 spiro atoms. The fourth-order valence-corrected chi connectivity index (χ4v) is 3.98. The second kappa shape index (κ2) is 5.66. The summed E-state index contributed by atoms with van der Waals surface area (Å²) in [6.07, 6.45) is 3.13. The van der Waals surface area contributed by atoms with Crippen molar-refractivity contribution in [3.63, 3.8) is 0 Å². The lowest BCUT2D eigenvalue weighted by Gasteiger charge is -2.39. The van der Waals surface area contributed by atoms with Gasteiger partial charge in [0.1, 0.15) is 18.8 Å². The molecule has 1 atom stereocenters. The first-order valence-electron chi connectivity index (χ1n) is 8.31. The van der Waals surface area contributed by atoms with Gasteiger partial charge in [-0.1, -0.05) is 5.57 Å². The van der Waals surface area contributed by atoms with E-state index in [2.05, 4.69) is 0 Å². The maximum atomic E-state index is 12.9. The average molecular weight is 346 g/mol. The minimum atomic E-state index is -1.45. The van der Waals surface area contributed by atoms with Gasteiger partial charge >= 0.3 is 11.9 Å². The lowest BCUT2D eigenvalue weighted by molar-refractivity contribution is -0.141.